The van der Waals surface area contributed by atoms with E-state index in [2.05, 4.69) is 21.6 Å². The van der Waals surface area contributed by atoms with Crippen LogP contribution in [-0.2, 0) is 6.54 Å². The van der Waals surface area contributed by atoms with Crippen molar-refractivity contribution in [3.05, 3.63) is 21.6 Å². The number of rotatable bonds is 4. The third kappa shape index (κ3) is 2.28. The minimum absolute atomic E-state index is 0.634. The maximum Gasteiger partial charge on any atom is 0.142 e. The summed E-state index contributed by atoms with van der Waals surface area (Å²) in [7, 11) is 0. The highest BCUT2D eigenvalue weighted by molar-refractivity contribution is 7.11. The van der Waals surface area contributed by atoms with Crippen LogP contribution in [-0.4, -0.2) is 9.36 Å². The fourth-order valence-electron chi connectivity index (χ4n) is 1.84. The Morgan fingerprint density at radius 2 is 2.35 bits per heavy atom. The molecule has 0 saturated heterocycles. The van der Waals surface area contributed by atoms with Crippen molar-refractivity contribution in [1.82, 2.24) is 9.36 Å². The van der Waals surface area contributed by atoms with Crippen LogP contribution in [0.3, 0.4) is 0 Å². The fraction of sp³-hybridized carbons (Fsp3) is 0.455. The second kappa shape index (κ2) is 4.27. The molecule has 0 amide bonds. The van der Waals surface area contributed by atoms with Crippen molar-refractivity contribution in [2.24, 2.45) is 0 Å². The lowest BCUT2D eigenvalue weighted by Crippen LogP contribution is -2.00. The first-order valence-electron chi connectivity index (χ1n) is 5.64. The Balaban J connectivity index is 1.72. The summed E-state index contributed by atoms with van der Waals surface area (Å²) in [6.07, 6.45) is 4.39. The molecule has 0 aromatic carbocycles. The molecule has 17 heavy (non-hydrogen) atoms. The SMILES string of the molecule is Cc1cnc(CNc2snc(N)c2C2CC2)s1. The summed E-state index contributed by atoms with van der Waals surface area (Å²) in [5, 5.41) is 5.64. The van der Waals surface area contributed by atoms with Crippen molar-refractivity contribution < 1.29 is 0 Å². The van der Waals surface area contributed by atoms with Gasteiger partial charge in [0.15, 0.2) is 0 Å². The molecule has 2 aromatic heterocycles. The Kier molecular flexibility index (Phi) is 2.76. The van der Waals surface area contributed by atoms with E-state index in [9.17, 15) is 0 Å². The van der Waals surface area contributed by atoms with Crippen LogP contribution in [0, 0.1) is 6.92 Å². The van der Waals surface area contributed by atoms with Gasteiger partial charge in [0.1, 0.15) is 15.8 Å². The monoisotopic (exact) mass is 266 g/mol. The summed E-state index contributed by atoms with van der Waals surface area (Å²) >= 11 is 3.18. The number of hydrogen-bond donors (Lipinski definition) is 2. The number of aryl methyl sites for hydroxylation is 1. The molecule has 0 spiro atoms. The van der Waals surface area contributed by atoms with Gasteiger partial charge in [0, 0.05) is 16.6 Å². The predicted octanol–water partition coefficient (Wildman–Crippen LogP) is 2.98. The number of thiazole rings is 1. The van der Waals surface area contributed by atoms with Gasteiger partial charge in [-0.2, -0.15) is 4.37 Å². The van der Waals surface area contributed by atoms with Crippen LogP contribution in [0.5, 0.6) is 0 Å². The van der Waals surface area contributed by atoms with Crippen molar-refractivity contribution in [1.29, 1.82) is 0 Å². The highest BCUT2D eigenvalue weighted by atomic mass is 32.1. The number of nitrogens with one attached hydrogen (secondary N) is 1. The van der Waals surface area contributed by atoms with Crippen LogP contribution in [0.4, 0.5) is 10.8 Å². The van der Waals surface area contributed by atoms with Crippen LogP contribution in [0.1, 0.15) is 34.2 Å². The molecule has 90 valence electrons. The molecule has 0 atom stereocenters. The van der Waals surface area contributed by atoms with Gasteiger partial charge in [0.05, 0.1) is 6.54 Å². The van der Waals surface area contributed by atoms with E-state index in [1.807, 2.05) is 6.20 Å². The molecule has 1 fully saturated rings. The largest absolute Gasteiger partial charge is 0.383 e. The van der Waals surface area contributed by atoms with Gasteiger partial charge in [-0.15, -0.1) is 11.3 Å². The first-order valence-corrected chi connectivity index (χ1v) is 7.23. The van der Waals surface area contributed by atoms with Crippen molar-refractivity contribution >= 4 is 33.7 Å². The van der Waals surface area contributed by atoms with E-state index < -0.39 is 0 Å². The number of aromatic nitrogens is 2. The van der Waals surface area contributed by atoms with Gasteiger partial charge in [-0.1, -0.05) is 0 Å². The molecule has 1 aliphatic carbocycles. The van der Waals surface area contributed by atoms with E-state index in [0.29, 0.717) is 11.7 Å². The molecule has 1 saturated carbocycles. The third-order valence-electron chi connectivity index (χ3n) is 2.81. The summed E-state index contributed by atoms with van der Waals surface area (Å²) < 4.78 is 4.24. The first-order chi connectivity index (χ1) is 8.24. The molecule has 2 heterocycles. The van der Waals surface area contributed by atoms with Crippen molar-refractivity contribution in [2.45, 2.75) is 32.2 Å². The zero-order valence-electron chi connectivity index (χ0n) is 9.56. The lowest BCUT2D eigenvalue weighted by molar-refractivity contribution is 1.08. The summed E-state index contributed by atoms with van der Waals surface area (Å²) in [5.41, 5.74) is 7.13. The van der Waals surface area contributed by atoms with E-state index in [4.69, 9.17) is 5.73 Å². The van der Waals surface area contributed by atoms with Crippen molar-refractivity contribution in [2.75, 3.05) is 11.1 Å². The molecule has 0 bridgehead atoms. The number of nitrogen functional groups attached to an aromatic ring is 1. The predicted molar refractivity (Wildman–Crippen MR) is 72.7 cm³/mol. The maximum atomic E-state index is 5.90. The summed E-state index contributed by atoms with van der Waals surface area (Å²) in [6, 6.07) is 0. The lowest BCUT2D eigenvalue weighted by atomic mass is 10.2. The standard InChI is InChI=1S/C11H14N4S2/c1-6-4-13-8(16-6)5-14-11-9(7-2-3-7)10(12)15-17-11/h4,7,14H,2-3,5H2,1H3,(H2,12,15). The summed E-state index contributed by atoms with van der Waals surface area (Å²) in [6.45, 7) is 2.83. The van der Waals surface area contributed by atoms with Crippen LogP contribution < -0.4 is 11.1 Å². The topological polar surface area (TPSA) is 63.8 Å². The van der Waals surface area contributed by atoms with Gasteiger partial charge >= 0.3 is 0 Å². The molecule has 1 aliphatic rings. The van der Waals surface area contributed by atoms with Gasteiger partial charge in [-0.25, -0.2) is 4.98 Å². The summed E-state index contributed by atoms with van der Waals surface area (Å²) in [4.78, 5) is 5.58. The van der Waals surface area contributed by atoms with Crippen LogP contribution in [0.2, 0.25) is 0 Å². The quantitative estimate of drug-likeness (QED) is 0.893. The van der Waals surface area contributed by atoms with Crippen molar-refractivity contribution in [3.63, 3.8) is 0 Å². The molecule has 3 N–H and O–H groups in total. The minimum atomic E-state index is 0.634. The average Bonchev–Trinajstić information content (AvgIpc) is 2.95. The molecule has 4 nitrogen and oxygen atoms in total. The van der Waals surface area contributed by atoms with Crippen LogP contribution >= 0.6 is 22.9 Å². The smallest absolute Gasteiger partial charge is 0.142 e. The highest BCUT2D eigenvalue weighted by Gasteiger charge is 2.30. The van der Waals surface area contributed by atoms with Crippen LogP contribution in [0.15, 0.2) is 6.20 Å². The fourth-order valence-corrected chi connectivity index (χ4v) is 3.36. The Morgan fingerprint density at radius 3 is 3.00 bits per heavy atom. The maximum absolute atomic E-state index is 5.90. The molecular formula is C11H14N4S2. The molecule has 6 heteroatoms. The Morgan fingerprint density at radius 1 is 1.53 bits per heavy atom. The van der Waals surface area contributed by atoms with Gasteiger partial charge in [0.25, 0.3) is 0 Å². The second-order valence-electron chi connectivity index (χ2n) is 4.30. The van der Waals surface area contributed by atoms with Gasteiger partial charge in [-0.3, -0.25) is 0 Å². The summed E-state index contributed by atoms with van der Waals surface area (Å²) in [5.74, 6) is 1.34. The zero-order chi connectivity index (χ0) is 11.8. The highest BCUT2D eigenvalue weighted by Crippen LogP contribution is 2.47. The average molecular weight is 266 g/mol. The van der Waals surface area contributed by atoms with Gasteiger partial charge < -0.3 is 11.1 Å². The number of hydrogen-bond acceptors (Lipinski definition) is 6. The molecule has 0 radical (unpaired) electrons. The lowest BCUT2D eigenvalue weighted by Gasteiger charge is -2.03. The molecule has 3 rings (SSSR count). The van der Waals surface area contributed by atoms with E-state index in [-0.39, 0.29) is 0 Å². The normalized spacial score (nSPS) is 15.1. The minimum Gasteiger partial charge on any atom is -0.383 e. The van der Waals surface area contributed by atoms with E-state index in [0.717, 1.165) is 16.6 Å². The van der Waals surface area contributed by atoms with Crippen LogP contribution in [0.25, 0.3) is 0 Å². The Bertz CT molecular complexity index is 527. The van der Waals surface area contributed by atoms with Crippen molar-refractivity contribution in [3.8, 4) is 0 Å². The molecular weight excluding hydrogens is 252 g/mol. The third-order valence-corrected chi connectivity index (χ3v) is 4.56. The Labute approximate surface area is 108 Å². The number of nitrogens with zero attached hydrogens (tertiary/aromatic N) is 2. The molecule has 2 aromatic rings. The van der Waals surface area contributed by atoms with E-state index in [1.54, 1.807) is 11.3 Å². The van der Waals surface area contributed by atoms with Gasteiger partial charge in [0.2, 0.25) is 0 Å². The first kappa shape index (κ1) is 11.0. The zero-order valence-corrected chi connectivity index (χ0v) is 11.2. The van der Waals surface area contributed by atoms with E-state index >= 15 is 0 Å². The second-order valence-corrected chi connectivity index (χ2v) is 6.40. The van der Waals surface area contributed by atoms with Gasteiger partial charge in [-0.05, 0) is 37.2 Å². The molecule has 0 aliphatic heterocycles. The number of anilines is 2. The Hall–Kier alpha value is -1.14. The van der Waals surface area contributed by atoms with E-state index in [1.165, 1.54) is 34.8 Å². The molecule has 0 unspecified atom stereocenters. The number of nitrogens with two attached hydrogens (primary N) is 1.